The quantitative estimate of drug-likeness (QED) is 0.329. The standard InChI is InChI=1S/2C12H14ClNO3/c1-3-17-12(16)7-11(15)14-10-5-4-9(13)6-8(10)2;1-3-9(12(16)17)11(15)14-10-5-4-8(13)6-7(10)2/h4-6H,3,7H2,1-2H3,(H,14,15);4-6,9H,3H2,1-2H3,(H,14,15)(H,16,17). The first kappa shape index (κ1) is 28.9. The van der Waals surface area contributed by atoms with E-state index >= 15 is 0 Å². The van der Waals surface area contributed by atoms with Crippen molar-refractivity contribution >= 4 is 58.3 Å². The molecule has 0 aliphatic heterocycles. The van der Waals surface area contributed by atoms with Crippen molar-refractivity contribution in [3.05, 3.63) is 57.6 Å². The predicted molar refractivity (Wildman–Crippen MR) is 132 cm³/mol. The third-order valence-corrected chi connectivity index (χ3v) is 5.01. The van der Waals surface area contributed by atoms with Gasteiger partial charge in [0.2, 0.25) is 11.8 Å². The van der Waals surface area contributed by atoms with Crippen LogP contribution in [0.1, 0.15) is 37.8 Å². The Morgan fingerprint density at radius 1 is 0.912 bits per heavy atom. The van der Waals surface area contributed by atoms with Crippen LogP contribution in [-0.4, -0.2) is 35.5 Å². The van der Waals surface area contributed by atoms with Gasteiger partial charge in [-0.25, -0.2) is 0 Å². The molecule has 0 heterocycles. The second kappa shape index (κ2) is 14.2. The first-order valence-electron chi connectivity index (χ1n) is 10.5. The van der Waals surface area contributed by atoms with Crippen molar-refractivity contribution in [3.8, 4) is 0 Å². The molecule has 0 aliphatic carbocycles. The van der Waals surface area contributed by atoms with Gasteiger partial charge in [0.1, 0.15) is 12.3 Å². The SMILES string of the molecule is CCC(C(=O)O)C(=O)Nc1ccc(Cl)cc1C.CCOC(=O)CC(=O)Nc1ccc(Cl)cc1C. The summed E-state index contributed by atoms with van der Waals surface area (Å²) >= 11 is 11.6. The molecule has 3 N–H and O–H groups in total. The van der Waals surface area contributed by atoms with Crippen molar-refractivity contribution in [3.63, 3.8) is 0 Å². The molecule has 0 aliphatic rings. The molecule has 0 fully saturated rings. The lowest BCUT2D eigenvalue weighted by Crippen LogP contribution is -2.29. The number of esters is 1. The molecule has 1 unspecified atom stereocenters. The van der Waals surface area contributed by atoms with E-state index in [-0.39, 0.29) is 19.4 Å². The maximum atomic E-state index is 11.7. The first-order chi connectivity index (χ1) is 16.0. The van der Waals surface area contributed by atoms with E-state index in [0.29, 0.717) is 21.4 Å². The lowest BCUT2D eigenvalue weighted by molar-refractivity contribution is -0.146. The van der Waals surface area contributed by atoms with Crippen molar-refractivity contribution < 1.29 is 29.0 Å². The maximum Gasteiger partial charge on any atom is 0.316 e. The van der Waals surface area contributed by atoms with Crippen molar-refractivity contribution in [2.45, 2.75) is 40.5 Å². The molecule has 1 atom stereocenters. The molecule has 2 rings (SSSR count). The molecule has 184 valence electrons. The number of ether oxygens (including phenoxy) is 1. The third-order valence-electron chi connectivity index (χ3n) is 4.54. The Morgan fingerprint density at radius 3 is 1.82 bits per heavy atom. The summed E-state index contributed by atoms with van der Waals surface area (Å²) in [5.41, 5.74) is 2.86. The zero-order valence-electron chi connectivity index (χ0n) is 19.4. The minimum atomic E-state index is -1.11. The van der Waals surface area contributed by atoms with Gasteiger partial charge in [-0.2, -0.15) is 0 Å². The van der Waals surface area contributed by atoms with Gasteiger partial charge >= 0.3 is 11.9 Å². The molecule has 0 aromatic heterocycles. The van der Waals surface area contributed by atoms with Crippen LogP contribution < -0.4 is 10.6 Å². The van der Waals surface area contributed by atoms with Crippen LogP contribution in [0.25, 0.3) is 0 Å². The number of hydrogen-bond donors (Lipinski definition) is 3. The molecular formula is C24H28Cl2N2O6. The molecule has 2 amide bonds. The number of carboxylic acids is 1. The fraction of sp³-hybridized carbons (Fsp3) is 0.333. The highest BCUT2D eigenvalue weighted by Crippen LogP contribution is 2.21. The van der Waals surface area contributed by atoms with Gasteiger partial charge < -0.3 is 20.5 Å². The number of carbonyl (C=O) groups excluding carboxylic acids is 3. The molecule has 0 radical (unpaired) electrons. The Balaban J connectivity index is 0.000000340. The van der Waals surface area contributed by atoms with Gasteiger partial charge in [0, 0.05) is 21.4 Å². The Hall–Kier alpha value is -3.10. The van der Waals surface area contributed by atoms with E-state index in [2.05, 4.69) is 15.4 Å². The van der Waals surface area contributed by atoms with Crippen LogP contribution in [0.2, 0.25) is 10.0 Å². The average molecular weight is 511 g/mol. The average Bonchev–Trinajstić information content (AvgIpc) is 2.73. The van der Waals surface area contributed by atoms with Crippen molar-refractivity contribution in [2.24, 2.45) is 5.92 Å². The smallest absolute Gasteiger partial charge is 0.316 e. The number of benzene rings is 2. The van der Waals surface area contributed by atoms with Crippen LogP contribution in [0.4, 0.5) is 11.4 Å². The Kier molecular flexibility index (Phi) is 12.1. The van der Waals surface area contributed by atoms with Gasteiger partial charge in [-0.05, 0) is 74.7 Å². The summed E-state index contributed by atoms with van der Waals surface area (Å²) in [6.07, 6.45) is -0.0241. The molecule has 8 nitrogen and oxygen atoms in total. The van der Waals surface area contributed by atoms with Crippen LogP contribution in [-0.2, 0) is 23.9 Å². The summed E-state index contributed by atoms with van der Waals surface area (Å²) in [5.74, 6) is -3.57. The lowest BCUT2D eigenvalue weighted by Gasteiger charge is -2.12. The highest BCUT2D eigenvalue weighted by Gasteiger charge is 2.24. The maximum absolute atomic E-state index is 11.7. The van der Waals surface area contributed by atoms with Crippen molar-refractivity contribution in [2.75, 3.05) is 17.2 Å². The number of nitrogens with one attached hydrogen (secondary N) is 2. The number of rotatable bonds is 8. The Bertz CT molecular complexity index is 1040. The van der Waals surface area contributed by atoms with Crippen LogP contribution in [0.3, 0.4) is 0 Å². The highest BCUT2D eigenvalue weighted by molar-refractivity contribution is 6.31. The normalized spacial score (nSPS) is 10.9. The van der Waals surface area contributed by atoms with E-state index in [4.69, 9.17) is 28.3 Å². The summed E-state index contributed by atoms with van der Waals surface area (Å²) in [6.45, 7) is 7.24. The molecule has 10 heteroatoms. The fourth-order valence-corrected chi connectivity index (χ4v) is 3.22. The lowest BCUT2D eigenvalue weighted by atomic mass is 10.1. The topological polar surface area (TPSA) is 122 Å². The van der Waals surface area contributed by atoms with Gasteiger partial charge in [-0.1, -0.05) is 30.1 Å². The third kappa shape index (κ3) is 9.80. The van der Waals surface area contributed by atoms with E-state index in [1.807, 2.05) is 6.92 Å². The second-order valence-corrected chi connectivity index (χ2v) is 8.11. The summed E-state index contributed by atoms with van der Waals surface area (Å²) < 4.78 is 4.68. The molecule has 0 spiro atoms. The largest absolute Gasteiger partial charge is 0.481 e. The van der Waals surface area contributed by atoms with Crippen LogP contribution >= 0.6 is 23.2 Å². The predicted octanol–water partition coefficient (Wildman–Crippen LogP) is 5.24. The number of halogens is 2. The molecule has 34 heavy (non-hydrogen) atoms. The number of hydrogen-bond acceptors (Lipinski definition) is 5. The molecule has 2 aromatic rings. The highest BCUT2D eigenvalue weighted by atomic mass is 35.5. The number of carboxylic acid groups (broad SMARTS) is 1. The second-order valence-electron chi connectivity index (χ2n) is 7.24. The van der Waals surface area contributed by atoms with E-state index < -0.39 is 29.7 Å². The van der Waals surface area contributed by atoms with E-state index in [9.17, 15) is 19.2 Å². The van der Waals surface area contributed by atoms with Crippen LogP contribution in [0.5, 0.6) is 0 Å². The number of amides is 2. The van der Waals surface area contributed by atoms with Crippen molar-refractivity contribution in [1.82, 2.24) is 0 Å². The zero-order valence-corrected chi connectivity index (χ0v) is 20.9. The minimum Gasteiger partial charge on any atom is -0.481 e. The Labute approximate surface area is 208 Å². The van der Waals surface area contributed by atoms with Gasteiger partial charge in [-0.15, -0.1) is 0 Å². The summed E-state index contributed by atoms with van der Waals surface area (Å²) in [7, 11) is 0. The fourth-order valence-electron chi connectivity index (χ4n) is 2.76. The number of aliphatic carboxylic acids is 1. The minimum absolute atomic E-state index is 0.258. The summed E-state index contributed by atoms with van der Waals surface area (Å²) in [4.78, 5) is 45.1. The Morgan fingerprint density at radius 2 is 1.41 bits per heavy atom. The molecule has 0 bridgehead atoms. The molecule has 0 saturated heterocycles. The van der Waals surface area contributed by atoms with Gasteiger partial charge in [0.05, 0.1) is 6.61 Å². The van der Waals surface area contributed by atoms with Crippen molar-refractivity contribution in [1.29, 1.82) is 0 Å². The zero-order chi connectivity index (χ0) is 25.8. The van der Waals surface area contributed by atoms with E-state index in [0.717, 1.165) is 11.1 Å². The molecular weight excluding hydrogens is 483 g/mol. The first-order valence-corrected chi connectivity index (χ1v) is 11.2. The van der Waals surface area contributed by atoms with Gasteiger partial charge in [0.25, 0.3) is 0 Å². The van der Waals surface area contributed by atoms with Gasteiger partial charge in [-0.3, -0.25) is 19.2 Å². The number of aryl methyl sites for hydroxylation is 2. The summed E-state index contributed by atoms with van der Waals surface area (Å²) in [5, 5.41) is 15.3. The molecule has 0 saturated carbocycles. The molecule has 2 aromatic carbocycles. The van der Waals surface area contributed by atoms with E-state index in [1.165, 1.54) is 0 Å². The number of anilines is 2. The van der Waals surface area contributed by atoms with E-state index in [1.54, 1.807) is 57.2 Å². The van der Waals surface area contributed by atoms with Crippen LogP contribution in [0.15, 0.2) is 36.4 Å². The van der Waals surface area contributed by atoms with Gasteiger partial charge in [0.15, 0.2) is 0 Å². The monoisotopic (exact) mass is 510 g/mol. The van der Waals surface area contributed by atoms with Crippen LogP contribution in [0, 0.1) is 19.8 Å². The summed E-state index contributed by atoms with van der Waals surface area (Å²) in [6, 6.07) is 10.1. The number of carbonyl (C=O) groups is 4.